The maximum Gasteiger partial charge on any atom is 0.303 e. The fraction of sp³-hybridized carbons (Fsp3) is 0.207. The molecule has 0 fully saturated rings. The Kier molecular flexibility index (Phi) is 10.7. The van der Waals surface area contributed by atoms with E-state index in [1.54, 1.807) is 30.3 Å². The van der Waals surface area contributed by atoms with E-state index in [1.807, 2.05) is 60.7 Å². The van der Waals surface area contributed by atoms with Crippen LogP contribution in [0.1, 0.15) is 24.0 Å². The normalized spacial score (nSPS) is 11.5. The second kappa shape index (κ2) is 14.7. The van der Waals surface area contributed by atoms with Gasteiger partial charge in [-0.25, -0.2) is 0 Å². The molecule has 192 valence electrons. The van der Waals surface area contributed by atoms with Crippen LogP contribution in [0.2, 0.25) is 0 Å². The van der Waals surface area contributed by atoms with Crippen LogP contribution in [0.15, 0.2) is 91.0 Å². The van der Waals surface area contributed by atoms with Gasteiger partial charge in [0.15, 0.2) is 6.17 Å². The third kappa shape index (κ3) is 10.3. The molecule has 0 aliphatic carbocycles. The van der Waals surface area contributed by atoms with Gasteiger partial charge in [-0.05, 0) is 54.3 Å². The number of hydrogen-bond acceptors (Lipinski definition) is 5. The SMILES string of the molecule is O=C(O)CCCOc1ccc(NC(NC(=O)/C=C/c2ccccc2)C(=O)NCCc2ccccc2)cc1. The molecule has 0 saturated heterocycles. The summed E-state index contributed by atoms with van der Waals surface area (Å²) in [5.41, 5.74) is 2.57. The number of hydrogen-bond donors (Lipinski definition) is 4. The van der Waals surface area contributed by atoms with Gasteiger partial charge in [-0.15, -0.1) is 0 Å². The number of amides is 2. The smallest absolute Gasteiger partial charge is 0.303 e. The lowest BCUT2D eigenvalue weighted by Crippen LogP contribution is -2.51. The minimum Gasteiger partial charge on any atom is -0.494 e. The van der Waals surface area contributed by atoms with E-state index in [1.165, 1.54) is 6.08 Å². The van der Waals surface area contributed by atoms with Gasteiger partial charge in [0.25, 0.3) is 5.91 Å². The summed E-state index contributed by atoms with van der Waals surface area (Å²) < 4.78 is 5.55. The largest absolute Gasteiger partial charge is 0.494 e. The van der Waals surface area contributed by atoms with E-state index in [9.17, 15) is 14.4 Å². The van der Waals surface area contributed by atoms with Crippen molar-refractivity contribution in [3.63, 3.8) is 0 Å². The minimum atomic E-state index is -1.01. The van der Waals surface area contributed by atoms with Crippen molar-refractivity contribution in [2.45, 2.75) is 25.4 Å². The average Bonchev–Trinajstić information content (AvgIpc) is 2.91. The molecule has 0 heterocycles. The van der Waals surface area contributed by atoms with Gasteiger partial charge >= 0.3 is 5.97 Å². The van der Waals surface area contributed by atoms with Crippen molar-refractivity contribution in [1.82, 2.24) is 10.6 Å². The molecule has 1 unspecified atom stereocenters. The Hall–Kier alpha value is -4.59. The van der Waals surface area contributed by atoms with E-state index >= 15 is 0 Å². The molecule has 8 nitrogen and oxygen atoms in total. The minimum absolute atomic E-state index is 0.0408. The van der Waals surface area contributed by atoms with Gasteiger partial charge in [0.1, 0.15) is 5.75 Å². The number of aliphatic carboxylic acids is 1. The monoisotopic (exact) mass is 501 g/mol. The fourth-order valence-corrected chi connectivity index (χ4v) is 3.40. The summed E-state index contributed by atoms with van der Waals surface area (Å²) in [5.74, 6) is -1.07. The van der Waals surface area contributed by atoms with Crippen LogP contribution < -0.4 is 20.7 Å². The number of carbonyl (C=O) groups excluding carboxylic acids is 2. The number of nitrogens with one attached hydrogen (secondary N) is 3. The molecule has 0 spiro atoms. The molecule has 0 aliphatic rings. The zero-order valence-electron chi connectivity index (χ0n) is 20.4. The lowest BCUT2D eigenvalue weighted by Gasteiger charge is -2.20. The summed E-state index contributed by atoms with van der Waals surface area (Å²) in [6.07, 6.45) is 3.16. The Balaban J connectivity index is 1.60. The van der Waals surface area contributed by atoms with E-state index in [-0.39, 0.29) is 18.9 Å². The number of ether oxygens (including phenoxy) is 1. The molecule has 3 aromatic carbocycles. The molecule has 0 bridgehead atoms. The summed E-state index contributed by atoms with van der Waals surface area (Å²) in [6.45, 7) is 0.704. The first-order chi connectivity index (χ1) is 18.0. The topological polar surface area (TPSA) is 117 Å². The summed E-state index contributed by atoms with van der Waals surface area (Å²) in [4.78, 5) is 36.2. The van der Waals surface area contributed by atoms with E-state index in [4.69, 9.17) is 9.84 Å². The molecule has 3 rings (SSSR count). The van der Waals surface area contributed by atoms with Gasteiger partial charge in [-0.3, -0.25) is 14.4 Å². The van der Waals surface area contributed by atoms with Crippen LogP contribution in [0.3, 0.4) is 0 Å². The molecule has 8 heteroatoms. The molecular weight excluding hydrogens is 470 g/mol. The molecule has 0 aliphatic heterocycles. The van der Waals surface area contributed by atoms with Crippen LogP contribution in [-0.2, 0) is 20.8 Å². The highest BCUT2D eigenvalue weighted by Gasteiger charge is 2.19. The Morgan fingerprint density at radius 3 is 2.24 bits per heavy atom. The molecule has 0 aromatic heterocycles. The van der Waals surface area contributed by atoms with Gasteiger partial charge in [0.2, 0.25) is 5.91 Å². The van der Waals surface area contributed by atoms with E-state index in [0.29, 0.717) is 30.8 Å². The third-order valence-electron chi connectivity index (χ3n) is 5.30. The maximum atomic E-state index is 13.0. The van der Waals surface area contributed by atoms with Crippen LogP contribution in [0.25, 0.3) is 6.08 Å². The third-order valence-corrected chi connectivity index (χ3v) is 5.30. The predicted molar refractivity (Wildman–Crippen MR) is 143 cm³/mol. The second-order valence-electron chi connectivity index (χ2n) is 8.23. The Bertz CT molecular complexity index is 1170. The number of rotatable bonds is 14. The van der Waals surface area contributed by atoms with Gasteiger partial charge in [-0.2, -0.15) is 0 Å². The molecule has 3 aromatic rings. The van der Waals surface area contributed by atoms with Crippen LogP contribution in [0.5, 0.6) is 5.75 Å². The highest BCUT2D eigenvalue weighted by molar-refractivity contribution is 5.96. The predicted octanol–water partition coefficient (Wildman–Crippen LogP) is 3.86. The van der Waals surface area contributed by atoms with Crippen molar-refractivity contribution < 1.29 is 24.2 Å². The number of carboxylic acids is 1. The first kappa shape index (κ1) is 27.0. The van der Waals surface area contributed by atoms with Crippen LogP contribution in [0, 0.1) is 0 Å². The van der Waals surface area contributed by atoms with Gasteiger partial charge in [-0.1, -0.05) is 60.7 Å². The number of carbonyl (C=O) groups is 3. The molecule has 0 radical (unpaired) electrons. The van der Waals surface area contributed by atoms with Crippen molar-refractivity contribution in [1.29, 1.82) is 0 Å². The molecule has 37 heavy (non-hydrogen) atoms. The zero-order chi connectivity index (χ0) is 26.3. The maximum absolute atomic E-state index is 13.0. The quantitative estimate of drug-likeness (QED) is 0.151. The zero-order valence-corrected chi connectivity index (χ0v) is 20.4. The van der Waals surface area contributed by atoms with Crippen molar-refractivity contribution in [2.24, 2.45) is 0 Å². The second-order valence-corrected chi connectivity index (χ2v) is 8.23. The van der Waals surface area contributed by atoms with E-state index in [0.717, 1.165) is 11.1 Å². The van der Waals surface area contributed by atoms with Crippen LogP contribution in [0.4, 0.5) is 5.69 Å². The fourth-order valence-electron chi connectivity index (χ4n) is 3.40. The first-order valence-corrected chi connectivity index (χ1v) is 12.1. The van der Waals surface area contributed by atoms with Gasteiger partial charge in [0, 0.05) is 24.7 Å². The number of benzene rings is 3. The highest BCUT2D eigenvalue weighted by Crippen LogP contribution is 2.16. The Morgan fingerprint density at radius 1 is 0.892 bits per heavy atom. The van der Waals surface area contributed by atoms with Crippen LogP contribution >= 0.6 is 0 Å². The van der Waals surface area contributed by atoms with Gasteiger partial charge in [0.05, 0.1) is 6.61 Å². The molecular formula is C29H31N3O5. The van der Waals surface area contributed by atoms with E-state index in [2.05, 4.69) is 16.0 Å². The Labute approximate surface area is 216 Å². The highest BCUT2D eigenvalue weighted by atomic mass is 16.5. The average molecular weight is 502 g/mol. The van der Waals surface area contributed by atoms with Crippen molar-refractivity contribution in [3.8, 4) is 5.75 Å². The van der Waals surface area contributed by atoms with Crippen LogP contribution in [-0.4, -0.2) is 42.2 Å². The molecule has 2 amide bonds. The number of anilines is 1. The summed E-state index contributed by atoms with van der Waals surface area (Å²) >= 11 is 0. The first-order valence-electron chi connectivity index (χ1n) is 12.1. The number of carboxylic acid groups (broad SMARTS) is 1. The molecule has 0 saturated carbocycles. The summed E-state index contributed by atoms with van der Waals surface area (Å²) in [7, 11) is 0. The van der Waals surface area contributed by atoms with E-state index < -0.39 is 18.0 Å². The Morgan fingerprint density at radius 2 is 1.57 bits per heavy atom. The molecule has 1 atom stereocenters. The standard InChI is InChI=1S/C29H31N3O5/c33-26(18-13-22-8-3-1-4-9-22)32-28(29(36)30-20-19-23-10-5-2-6-11-23)31-24-14-16-25(17-15-24)37-21-7-12-27(34)35/h1-6,8-11,13-18,28,31H,7,12,19-21H2,(H,30,36)(H,32,33)(H,34,35)/b18-13+. The van der Waals surface area contributed by atoms with Crippen molar-refractivity contribution in [2.75, 3.05) is 18.5 Å². The van der Waals surface area contributed by atoms with Crippen molar-refractivity contribution in [3.05, 3.63) is 102 Å². The lowest BCUT2D eigenvalue weighted by atomic mass is 10.1. The lowest BCUT2D eigenvalue weighted by molar-refractivity contribution is -0.137. The summed E-state index contributed by atoms with van der Waals surface area (Å²) in [6, 6.07) is 26.1. The van der Waals surface area contributed by atoms with Crippen molar-refractivity contribution >= 4 is 29.5 Å². The molecule has 4 N–H and O–H groups in total. The summed E-state index contributed by atoms with van der Waals surface area (Å²) in [5, 5.41) is 17.4. The van der Waals surface area contributed by atoms with Gasteiger partial charge < -0.3 is 25.8 Å².